The summed E-state index contributed by atoms with van der Waals surface area (Å²) in [5.74, 6) is 1.87. The predicted molar refractivity (Wildman–Crippen MR) is 113 cm³/mol. The molecular formula is C22H39N5. The highest BCUT2D eigenvalue weighted by Gasteiger charge is 2.28. The molecule has 3 heterocycles. The third kappa shape index (κ3) is 5.41. The van der Waals surface area contributed by atoms with Crippen molar-refractivity contribution in [3.8, 4) is 0 Å². The molecule has 0 atom stereocenters. The van der Waals surface area contributed by atoms with Gasteiger partial charge in [-0.2, -0.15) is 5.10 Å². The maximum absolute atomic E-state index is 4.50. The molecule has 0 amide bonds. The van der Waals surface area contributed by atoms with Gasteiger partial charge in [0.15, 0.2) is 5.82 Å². The average molecular weight is 374 g/mol. The van der Waals surface area contributed by atoms with Crippen LogP contribution in [0.2, 0.25) is 0 Å². The van der Waals surface area contributed by atoms with E-state index in [1.807, 2.05) is 0 Å². The Bertz CT molecular complexity index is 583. The van der Waals surface area contributed by atoms with Crippen LogP contribution < -0.4 is 4.90 Å². The molecular weight excluding hydrogens is 334 g/mol. The van der Waals surface area contributed by atoms with E-state index in [0.717, 1.165) is 30.5 Å². The van der Waals surface area contributed by atoms with Crippen molar-refractivity contribution >= 4 is 5.82 Å². The van der Waals surface area contributed by atoms with E-state index in [2.05, 4.69) is 78.6 Å². The molecule has 152 valence electrons. The van der Waals surface area contributed by atoms with Crippen LogP contribution in [-0.2, 0) is 5.41 Å². The fourth-order valence-corrected chi connectivity index (χ4v) is 4.20. The number of anilines is 1. The fraction of sp³-hybridized carbons (Fsp3) is 0.818. The van der Waals surface area contributed by atoms with Crippen LogP contribution >= 0.6 is 0 Å². The molecule has 0 saturated carbocycles. The lowest BCUT2D eigenvalue weighted by Gasteiger charge is -2.43. The Hall–Kier alpha value is -1.20. The number of nitrogens with zero attached hydrogens (tertiary/aromatic N) is 5. The molecule has 5 heteroatoms. The van der Waals surface area contributed by atoms with Crippen LogP contribution in [0.1, 0.15) is 60.1 Å². The Morgan fingerprint density at radius 1 is 0.852 bits per heavy atom. The minimum atomic E-state index is 0.0650. The quantitative estimate of drug-likeness (QED) is 0.811. The lowest BCUT2D eigenvalue weighted by atomic mass is 9.92. The lowest BCUT2D eigenvalue weighted by molar-refractivity contribution is 0.0533. The second kappa shape index (κ2) is 8.04. The summed E-state index contributed by atoms with van der Waals surface area (Å²) < 4.78 is 0. The number of piperidine rings is 1. The largest absolute Gasteiger partial charge is 0.355 e. The summed E-state index contributed by atoms with van der Waals surface area (Å²) in [6.07, 6.45) is 2.53. The molecule has 0 aromatic carbocycles. The van der Waals surface area contributed by atoms with Gasteiger partial charge in [0, 0.05) is 56.8 Å². The van der Waals surface area contributed by atoms with Crippen LogP contribution in [0.4, 0.5) is 5.82 Å². The van der Waals surface area contributed by atoms with Crippen molar-refractivity contribution in [1.82, 2.24) is 20.0 Å². The van der Waals surface area contributed by atoms with Crippen LogP contribution in [0.3, 0.4) is 0 Å². The van der Waals surface area contributed by atoms with Gasteiger partial charge in [-0.25, -0.2) is 0 Å². The second-order valence-corrected chi connectivity index (χ2v) is 10.4. The minimum absolute atomic E-state index is 0.0650. The first-order valence-electron chi connectivity index (χ1n) is 10.7. The van der Waals surface area contributed by atoms with Crippen molar-refractivity contribution in [2.24, 2.45) is 5.92 Å². The van der Waals surface area contributed by atoms with Crippen molar-refractivity contribution in [2.75, 3.05) is 50.7 Å². The predicted octanol–water partition coefficient (Wildman–Crippen LogP) is 3.41. The van der Waals surface area contributed by atoms with Crippen molar-refractivity contribution in [1.29, 1.82) is 0 Å². The van der Waals surface area contributed by atoms with Gasteiger partial charge >= 0.3 is 0 Å². The van der Waals surface area contributed by atoms with Gasteiger partial charge in [-0.15, -0.1) is 5.10 Å². The monoisotopic (exact) mass is 373 g/mol. The molecule has 1 aromatic rings. The minimum Gasteiger partial charge on any atom is -0.355 e. The third-order valence-electron chi connectivity index (χ3n) is 6.19. The Labute approximate surface area is 166 Å². The van der Waals surface area contributed by atoms with Gasteiger partial charge in [0.2, 0.25) is 0 Å². The maximum atomic E-state index is 4.50. The summed E-state index contributed by atoms with van der Waals surface area (Å²) in [6.45, 7) is 21.9. The number of hydrogen-bond donors (Lipinski definition) is 0. The summed E-state index contributed by atoms with van der Waals surface area (Å²) in [7, 11) is 0. The molecule has 2 saturated heterocycles. The molecule has 0 bridgehead atoms. The van der Waals surface area contributed by atoms with Crippen molar-refractivity contribution in [3.63, 3.8) is 0 Å². The molecule has 0 spiro atoms. The van der Waals surface area contributed by atoms with E-state index in [-0.39, 0.29) is 5.41 Å². The van der Waals surface area contributed by atoms with Gasteiger partial charge in [0.05, 0.1) is 5.69 Å². The molecule has 0 N–H and O–H groups in total. The second-order valence-electron chi connectivity index (χ2n) is 10.4. The summed E-state index contributed by atoms with van der Waals surface area (Å²) in [5.41, 5.74) is 1.44. The van der Waals surface area contributed by atoms with E-state index < -0.39 is 0 Å². The van der Waals surface area contributed by atoms with Gasteiger partial charge < -0.3 is 9.80 Å². The van der Waals surface area contributed by atoms with Gasteiger partial charge in [-0.05, 0) is 51.7 Å². The zero-order valence-electron chi connectivity index (χ0n) is 18.3. The van der Waals surface area contributed by atoms with E-state index in [1.54, 1.807) is 0 Å². The summed E-state index contributed by atoms with van der Waals surface area (Å²) in [6, 6.07) is 4.29. The SMILES string of the molecule is CC(C)(C)c1ccc(N2CCC(CN3CCN(C(C)(C)C)CC3)CC2)nn1. The Kier molecular flexibility index (Phi) is 6.11. The van der Waals surface area contributed by atoms with Gasteiger partial charge in [0.25, 0.3) is 0 Å². The van der Waals surface area contributed by atoms with E-state index in [9.17, 15) is 0 Å². The topological polar surface area (TPSA) is 35.5 Å². The summed E-state index contributed by atoms with van der Waals surface area (Å²) in [5, 5.41) is 8.96. The molecule has 0 unspecified atom stereocenters. The normalized spacial score (nSPS) is 21.6. The molecule has 2 fully saturated rings. The molecule has 0 aliphatic carbocycles. The lowest BCUT2D eigenvalue weighted by Crippen LogP contribution is -2.54. The van der Waals surface area contributed by atoms with E-state index in [1.165, 1.54) is 45.6 Å². The van der Waals surface area contributed by atoms with Gasteiger partial charge in [-0.1, -0.05) is 20.8 Å². The van der Waals surface area contributed by atoms with E-state index in [4.69, 9.17) is 0 Å². The number of rotatable bonds is 3. The molecule has 1 aromatic heterocycles. The molecule has 2 aliphatic heterocycles. The Balaban J connectivity index is 1.44. The molecule has 3 rings (SSSR count). The van der Waals surface area contributed by atoms with Crippen molar-refractivity contribution < 1.29 is 0 Å². The first kappa shape index (κ1) is 20.5. The Morgan fingerprint density at radius 3 is 1.96 bits per heavy atom. The van der Waals surface area contributed by atoms with E-state index in [0.29, 0.717) is 5.54 Å². The first-order valence-corrected chi connectivity index (χ1v) is 10.7. The third-order valence-corrected chi connectivity index (χ3v) is 6.19. The van der Waals surface area contributed by atoms with Crippen LogP contribution in [0, 0.1) is 5.92 Å². The van der Waals surface area contributed by atoms with Crippen LogP contribution in [0.25, 0.3) is 0 Å². The maximum Gasteiger partial charge on any atom is 0.151 e. The number of hydrogen-bond acceptors (Lipinski definition) is 5. The Morgan fingerprint density at radius 2 is 1.48 bits per heavy atom. The highest BCUT2D eigenvalue weighted by molar-refractivity contribution is 5.38. The molecule has 2 aliphatic rings. The van der Waals surface area contributed by atoms with Crippen LogP contribution in [0.15, 0.2) is 12.1 Å². The molecule has 27 heavy (non-hydrogen) atoms. The standard InChI is InChI=1S/C22H39N5/c1-21(2,3)19-7-8-20(24-23-19)26-11-9-18(10-12-26)17-25-13-15-27(16-14-25)22(4,5)6/h7-8,18H,9-17H2,1-6H3. The van der Waals surface area contributed by atoms with Gasteiger partial charge in [-0.3, -0.25) is 4.90 Å². The van der Waals surface area contributed by atoms with Crippen LogP contribution in [-0.4, -0.2) is 71.3 Å². The summed E-state index contributed by atoms with van der Waals surface area (Å²) in [4.78, 5) is 7.71. The molecule has 5 nitrogen and oxygen atoms in total. The highest BCUT2D eigenvalue weighted by Crippen LogP contribution is 2.25. The first-order chi connectivity index (χ1) is 12.6. The zero-order valence-corrected chi connectivity index (χ0v) is 18.3. The van der Waals surface area contributed by atoms with Crippen molar-refractivity contribution in [3.05, 3.63) is 17.8 Å². The van der Waals surface area contributed by atoms with Crippen molar-refractivity contribution in [2.45, 2.75) is 65.3 Å². The average Bonchev–Trinajstić information content (AvgIpc) is 2.61. The zero-order chi connectivity index (χ0) is 19.7. The van der Waals surface area contributed by atoms with Crippen LogP contribution in [0.5, 0.6) is 0 Å². The number of piperazine rings is 1. The fourth-order valence-electron chi connectivity index (χ4n) is 4.20. The smallest absolute Gasteiger partial charge is 0.151 e. The molecule has 0 radical (unpaired) electrons. The highest BCUT2D eigenvalue weighted by atomic mass is 15.3. The van der Waals surface area contributed by atoms with Gasteiger partial charge in [0.1, 0.15) is 0 Å². The summed E-state index contributed by atoms with van der Waals surface area (Å²) >= 11 is 0. The van der Waals surface area contributed by atoms with E-state index >= 15 is 0 Å². The number of aromatic nitrogens is 2.